The number of aryl methyl sites for hydroxylation is 1. The van der Waals surface area contributed by atoms with Gasteiger partial charge >= 0.3 is 0 Å². The van der Waals surface area contributed by atoms with Crippen molar-refractivity contribution in [1.82, 2.24) is 9.88 Å². The van der Waals surface area contributed by atoms with Crippen molar-refractivity contribution in [2.75, 3.05) is 25.9 Å². The number of pyridine rings is 1. The minimum Gasteiger partial charge on any atom is -0.398 e. The molecule has 18 heavy (non-hydrogen) atoms. The molecule has 5 heteroatoms. The molecule has 0 bridgehead atoms. The first kappa shape index (κ1) is 12.8. The lowest BCUT2D eigenvalue weighted by Crippen LogP contribution is -2.43. The Morgan fingerprint density at radius 1 is 1.61 bits per heavy atom. The van der Waals surface area contributed by atoms with E-state index in [-0.39, 0.29) is 12.0 Å². The molecule has 0 spiro atoms. The Morgan fingerprint density at radius 3 is 3.06 bits per heavy atom. The number of carbonyl (C=O) groups excluding carboxylic acids is 1. The molecule has 0 radical (unpaired) electrons. The summed E-state index contributed by atoms with van der Waals surface area (Å²) in [5.41, 5.74) is 7.67. The van der Waals surface area contributed by atoms with Gasteiger partial charge in [-0.3, -0.25) is 9.78 Å². The third-order valence-corrected chi connectivity index (χ3v) is 3.30. The normalized spacial score (nSPS) is 19.9. The Kier molecular flexibility index (Phi) is 3.81. The summed E-state index contributed by atoms with van der Waals surface area (Å²) in [5.74, 6) is -0.0539. The van der Waals surface area contributed by atoms with Crippen LogP contribution in [0.5, 0.6) is 0 Å². The van der Waals surface area contributed by atoms with Crippen molar-refractivity contribution in [1.29, 1.82) is 0 Å². The highest BCUT2D eigenvalue weighted by Crippen LogP contribution is 2.18. The highest BCUT2D eigenvalue weighted by atomic mass is 16.5. The molecular weight excluding hydrogens is 230 g/mol. The van der Waals surface area contributed by atoms with Gasteiger partial charge in [0.1, 0.15) is 0 Å². The Morgan fingerprint density at radius 2 is 2.39 bits per heavy atom. The predicted octanol–water partition coefficient (Wildman–Crippen LogP) is 1.22. The lowest BCUT2D eigenvalue weighted by molar-refractivity contribution is 0.0269. The lowest BCUT2D eigenvalue weighted by atomic mass is 10.1. The smallest absolute Gasteiger partial charge is 0.257 e. The minimum absolute atomic E-state index is 0.0539. The molecule has 0 saturated carbocycles. The van der Waals surface area contributed by atoms with Gasteiger partial charge < -0.3 is 15.4 Å². The zero-order valence-corrected chi connectivity index (χ0v) is 10.8. The lowest BCUT2D eigenvalue weighted by Gasteiger charge is -2.32. The molecule has 1 atom stereocenters. The molecule has 1 saturated heterocycles. The first-order valence-electron chi connectivity index (χ1n) is 6.16. The molecular formula is C13H19N3O2. The molecule has 2 N–H and O–H groups in total. The van der Waals surface area contributed by atoms with Crippen LogP contribution in [0.2, 0.25) is 0 Å². The number of amides is 1. The van der Waals surface area contributed by atoms with Crippen LogP contribution >= 0.6 is 0 Å². The molecule has 1 aliphatic rings. The Labute approximate surface area is 107 Å². The molecule has 1 unspecified atom stereocenters. The van der Waals surface area contributed by atoms with Crippen molar-refractivity contribution in [3.05, 3.63) is 23.5 Å². The number of carbonyl (C=O) groups is 1. The molecule has 2 heterocycles. The van der Waals surface area contributed by atoms with Crippen molar-refractivity contribution in [3.8, 4) is 0 Å². The van der Waals surface area contributed by atoms with Crippen molar-refractivity contribution in [3.63, 3.8) is 0 Å². The standard InChI is InChI=1S/C13H19N3O2/c1-9-6-12(14)11(7-15-9)13(17)16-5-3-4-10(8-16)18-2/h6-7,10H,3-5,8H2,1-2H3,(H2,14,15). The fourth-order valence-electron chi connectivity index (χ4n) is 2.25. The van der Waals surface area contributed by atoms with E-state index in [9.17, 15) is 4.79 Å². The number of likely N-dealkylation sites (tertiary alicyclic amines) is 1. The van der Waals surface area contributed by atoms with Crippen LogP contribution in [0, 0.1) is 6.92 Å². The Bertz CT molecular complexity index is 448. The van der Waals surface area contributed by atoms with Gasteiger partial charge in [0.15, 0.2) is 0 Å². The zero-order chi connectivity index (χ0) is 13.1. The Hall–Kier alpha value is -1.62. The molecule has 5 nitrogen and oxygen atoms in total. The monoisotopic (exact) mass is 249 g/mol. The van der Waals surface area contributed by atoms with Crippen LogP contribution in [0.3, 0.4) is 0 Å². The average Bonchev–Trinajstić information content (AvgIpc) is 2.38. The number of anilines is 1. The summed E-state index contributed by atoms with van der Waals surface area (Å²) in [6, 6.07) is 1.73. The molecule has 1 amide bonds. The average molecular weight is 249 g/mol. The van der Waals surface area contributed by atoms with Gasteiger partial charge in [0.2, 0.25) is 0 Å². The van der Waals surface area contributed by atoms with E-state index in [0.29, 0.717) is 17.8 Å². The number of rotatable bonds is 2. The second-order valence-corrected chi connectivity index (χ2v) is 4.66. The molecule has 1 aromatic heterocycles. The fraction of sp³-hybridized carbons (Fsp3) is 0.538. The van der Waals surface area contributed by atoms with Crippen LogP contribution in [0.4, 0.5) is 5.69 Å². The number of piperidine rings is 1. The van der Waals surface area contributed by atoms with E-state index in [1.807, 2.05) is 6.92 Å². The number of nitrogen functional groups attached to an aromatic ring is 1. The van der Waals surface area contributed by atoms with Gasteiger partial charge in [-0.2, -0.15) is 0 Å². The SMILES string of the molecule is COC1CCCN(C(=O)c2cnc(C)cc2N)C1. The quantitative estimate of drug-likeness (QED) is 0.855. The molecule has 2 rings (SSSR count). The summed E-state index contributed by atoms with van der Waals surface area (Å²) in [5, 5.41) is 0. The number of hydrogen-bond donors (Lipinski definition) is 1. The highest BCUT2D eigenvalue weighted by molar-refractivity contribution is 5.98. The molecule has 0 aliphatic carbocycles. The molecule has 1 aromatic rings. The first-order chi connectivity index (χ1) is 8.61. The second-order valence-electron chi connectivity index (χ2n) is 4.66. The van der Waals surface area contributed by atoms with Crippen LogP contribution in [-0.4, -0.2) is 42.1 Å². The minimum atomic E-state index is -0.0539. The van der Waals surface area contributed by atoms with Crippen molar-refractivity contribution in [2.45, 2.75) is 25.9 Å². The van der Waals surface area contributed by atoms with Gasteiger partial charge in [0, 0.05) is 37.8 Å². The summed E-state index contributed by atoms with van der Waals surface area (Å²) in [7, 11) is 1.68. The van der Waals surface area contributed by atoms with E-state index in [0.717, 1.165) is 25.1 Å². The van der Waals surface area contributed by atoms with Crippen molar-refractivity contribution in [2.24, 2.45) is 0 Å². The van der Waals surface area contributed by atoms with E-state index >= 15 is 0 Å². The maximum atomic E-state index is 12.3. The third-order valence-electron chi connectivity index (χ3n) is 3.30. The predicted molar refractivity (Wildman–Crippen MR) is 69.3 cm³/mol. The Balaban J connectivity index is 2.15. The van der Waals surface area contributed by atoms with Gasteiger partial charge in [-0.15, -0.1) is 0 Å². The second kappa shape index (κ2) is 5.35. The number of ether oxygens (including phenoxy) is 1. The van der Waals surface area contributed by atoms with Crippen LogP contribution in [0.15, 0.2) is 12.3 Å². The van der Waals surface area contributed by atoms with Crippen LogP contribution in [0.1, 0.15) is 28.9 Å². The zero-order valence-electron chi connectivity index (χ0n) is 10.8. The summed E-state index contributed by atoms with van der Waals surface area (Å²) in [6.45, 7) is 3.24. The number of nitrogens with zero attached hydrogens (tertiary/aromatic N) is 2. The van der Waals surface area contributed by atoms with E-state index < -0.39 is 0 Å². The number of hydrogen-bond acceptors (Lipinski definition) is 4. The summed E-state index contributed by atoms with van der Waals surface area (Å²) >= 11 is 0. The van der Waals surface area contributed by atoms with Gasteiger partial charge in [-0.25, -0.2) is 0 Å². The van der Waals surface area contributed by atoms with Crippen LogP contribution in [0.25, 0.3) is 0 Å². The van der Waals surface area contributed by atoms with E-state index in [4.69, 9.17) is 10.5 Å². The summed E-state index contributed by atoms with van der Waals surface area (Å²) in [6.07, 6.45) is 3.65. The number of nitrogens with two attached hydrogens (primary N) is 1. The maximum Gasteiger partial charge on any atom is 0.257 e. The highest BCUT2D eigenvalue weighted by Gasteiger charge is 2.25. The van der Waals surface area contributed by atoms with Crippen molar-refractivity contribution >= 4 is 11.6 Å². The summed E-state index contributed by atoms with van der Waals surface area (Å²) in [4.78, 5) is 18.3. The molecule has 1 fully saturated rings. The molecule has 1 aliphatic heterocycles. The number of methoxy groups -OCH3 is 1. The van der Waals surface area contributed by atoms with Gasteiger partial charge in [-0.1, -0.05) is 0 Å². The van der Waals surface area contributed by atoms with Crippen LogP contribution < -0.4 is 5.73 Å². The van der Waals surface area contributed by atoms with Gasteiger partial charge in [0.25, 0.3) is 5.91 Å². The molecule has 98 valence electrons. The van der Waals surface area contributed by atoms with Crippen LogP contribution in [-0.2, 0) is 4.74 Å². The number of aromatic nitrogens is 1. The van der Waals surface area contributed by atoms with Crippen molar-refractivity contribution < 1.29 is 9.53 Å². The van der Waals surface area contributed by atoms with Gasteiger partial charge in [0.05, 0.1) is 11.7 Å². The van der Waals surface area contributed by atoms with E-state index in [2.05, 4.69) is 4.98 Å². The van der Waals surface area contributed by atoms with E-state index in [1.54, 1.807) is 24.3 Å². The topological polar surface area (TPSA) is 68.5 Å². The maximum absolute atomic E-state index is 12.3. The largest absolute Gasteiger partial charge is 0.398 e. The first-order valence-corrected chi connectivity index (χ1v) is 6.16. The molecule has 0 aromatic carbocycles. The fourth-order valence-corrected chi connectivity index (χ4v) is 2.25. The summed E-state index contributed by atoms with van der Waals surface area (Å²) < 4.78 is 5.32. The van der Waals surface area contributed by atoms with Gasteiger partial charge in [-0.05, 0) is 25.8 Å². The van der Waals surface area contributed by atoms with E-state index in [1.165, 1.54) is 0 Å². The third kappa shape index (κ3) is 2.61.